The summed E-state index contributed by atoms with van der Waals surface area (Å²) in [7, 11) is -1.69. The van der Waals surface area contributed by atoms with Crippen molar-refractivity contribution in [2.75, 3.05) is 0 Å². The van der Waals surface area contributed by atoms with Crippen LogP contribution in [0.15, 0.2) is 42.5 Å². The minimum absolute atomic E-state index is 0.116. The summed E-state index contributed by atoms with van der Waals surface area (Å²) in [6.45, 7) is 4.32. The number of para-hydroxylation sites is 1. The average molecular weight is 288 g/mol. The molecule has 110 valence electrons. The van der Waals surface area contributed by atoms with Crippen LogP contribution in [0.2, 0.25) is 0 Å². The lowest BCUT2D eigenvalue weighted by Crippen LogP contribution is -2.30. The van der Waals surface area contributed by atoms with Crippen LogP contribution in [-0.4, -0.2) is 17.2 Å². The van der Waals surface area contributed by atoms with Crippen molar-refractivity contribution in [3.8, 4) is 5.75 Å². The highest BCUT2D eigenvalue weighted by atomic mass is 19.1. The van der Waals surface area contributed by atoms with E-state index in [1.807, 2.05) is 24.3 Å². The molecule has 0 bridgehead atoms. The van der Waals surface area contributed by atoms with Crippen LogP contribution in [0, 0.1) is 5.82 Å². The van der Waals surface area contributed by atoms with Crippen molar-refractivity contribution in [1.29, 1.82) is 0 Å². The standard InChI is InChI=1S/C16H18BFO3/c1-11(2)15-5-3-4-6-16(15)21-10-12-7-13(17(19)20)9-14(18)8-12/h3-9,11,19-20H,10H2,1-2H3. The average Bonchev–Trinajstić information content (AvgIpc) is 2.44. The zero-order valence-corrected chi connectivity index (χ0v) is 12.1. The van der Waals surface area contributed by atoms with E-state index in [1.165, 1.54) is 12.1 Å². The van der Waals surface area contributed by atoms with E-state index >= 15 is 0 Å². The molecule has 21 heavy (non-hydrogen) atoms. The zero-order valence-electron chi connectivity index (χ0n) is 12.1. The van der Waals surface area contributed by atoms with E-state index in [0.29, 0.717) is 11.5 Å². The van der Waals surface area contributed by atoms with E-state index in [0.717, 1.165) is 17.4 Å². The largest absolute Gasteiger partial charge is 0.489 e. The molecule has 0 aromatic heterocycles. The first-order chi connectivity index (χ1) is 9.97. The van der Waals surface area contributed by atoms with Crippen LogP contribution in [0.5, 0.6) is 5.75 Å². The summed E-state index contributed by atoms with van der Waals surface area (Å²) in [6.07, 6.45) is 0. The molecule has 3 nitrogen and oxygen atoms in total. The highest BCUT2D eigenvalue weighted by Gasteiger charge is 2.14. The second-order valence-electron chi connectivity index (χ2n) is 5.25. The molecular formula is C16H18BFO3. The van der Waals surface area contributed by atoms with E-state index in [9.17, 15) is 4.39 Å². The third-order valence-corrected chi connectivity index (χ3v) is 3.21. The first-order valence-electron chi connectivity index (χ1n) is 6.84. The highest BCUT2D eigenvalue weighted by molar-refractivity contribution is 6.58. The van der Waals surface area contributed by atoms with Crippen molar-refractivity contribution in [3.05, 3.63) is 59.4 Å². The van der Waals surface area contributed by atoms with Gasteiger partial charge in [-0.15, -0.1) is 0 Å². The second kappa shape index (κ2) is 6.74. The topological polar surface area (TPSA) is 49.7 Å². The molecule has 0 saturated carbocycles. The van der Waals surface area contributed by atoms with E-state index in [2.05, 4.69) is 13.8 Å². The first-order valence-corrected chi connectivity index (χ1v) is 6.84. The van der Waals surface area contributed by atoms with Gasteiger partial charge in [0.05, 0.1) is 0 Å². The molecule has 0 saturated heterocycles. The predicted molar refractivity (Wildman–Crippen MR) is 81.1 cm³/mol. The van der Waals surface area contributed by atoms with Crippen LogP contribution in [0.25, 0.3) is 0 Å². The fraction of sp³-hybridized carbons (Fsp3) is 0.250. The van der Waals surface area contributed by atoms with E-state index < -0.39 is 12.9 Å². The third-order valence-electron chi connectivity index (χ3n) is 3.21. The molecule has 2 aromatic rings. The van der Waals surface area contributed by atoms with Crippen molar-refractivity contribution < 1.29 is 19.2 Å². The van der Waals surface area contributed by atoms with Gasteiger partial charge in [0.25, 0.3) is 0 Å². The van der Waals surface area contributed by atoms with Gasteiger partial charge in [-0.25, -0.2) is 4.39 Å². The molecule has 0 aliphatic heterocycles. The Kier molecular flexibility index (Phi) is 4.99. The van der Waals surface area contributed by atoms with Gasteiger partial charge in [-0.05, 0) is 40.7 Å². The summed E-state index contributed by atoms with van der Waals surface area (Å²) in [5.41, 5.74) is 1.75. The van der Waals surface area contributed by atoms with Crippen molar-refractivity contribution in [3.63, 3.8) is 0 Å². The molecule has 0 fully saturated rings. The number of ether oxygens (including phenoxy) is 1. The van der Waals surface area contributed by atoms with Gasteiger partial charge < -0.3 is 14.8 Å². The molecule has 0 amide bonds. The van der Waals surface area contributed by atoms with Gasteiger partial charge in [0.1, 0.15) is 18.2 Å². The summed E-state index contributed by atoms with van der Waals surface area (Å²) in [5, 5.41) is 18.2. The number of rotatable bonds is 5. The van der Waals surface area contributed by atoms with Crippen molar-refractivity contribution in [2.45, 2.75) is 26.4 Å². The monoisotopic (exact) mass is 288 g/mol. The first kappa shape index (κ1) is 15.5. The van der Waals surface area contributed by atoms with Gasteiger partial charge in [-0.1, -0.05) is 38.1 Å². The molecule has 0 radical (unpaired) electrons. The lowest BCUT2D eigenvalue weighted by Gasteiger charge is -2.14. The molecule has 0 aliphatic rings. The summed E-state index contributed by atoms with van der Waals surface area (Å²) in [6, 6.07) is 11.6. The molecule has 2 aromatic carbocycles. The van der Waals surface area contributed by atoms with E-state index in [1.54, 1.807) is 0 Å². The van der Waals surface area contributed by atoms with E-state index in [4.69, 9.17) is 14.8 Å². The molecule has 0 unspecified atom stereocenters. The highest BCUT2D eigenvalue weighted by Crippen LogP contribution is 2.26. The summed E-state index contributed by atoms with van der Waals surface area (Å²) >= 11 is 0. The quantitative estimate of drug-likeness (QED) is 0.829. The molecular weight excluding hydrogens is 270 g/mol. The van der Waals surface area contributed by atoms with Gasteiger partial charge >= 0.3 is 7.12 Å². The Morgan fingerprint density at radius 2 is 1.86 bits per heavy atom. The van der Waals surface area contributed by atoms with Crippen LogP contribution >= 0.6 is 0 Å². The Labute approximate surface area is 124 Å². The van der Waals surface area contributed by atoms with Crippen molar-refractivity contribution >= 4 is 12.6 Å². The van der Waals surface area contributed by atoms with Gasteiger partial charge in [0.2, 0.25) is 0 Å². The molecule has 0 atom stereocenters. The molecule has 0 heterocycles. The lowest BCUT2D eigenvalue weighted by molar-refractivity contribution is 0.301. The van der Waals surface area contributed by atoms with Gasteiger partial charge in [-0.2, -0.15) is 0 Å². The van der Waals surface area contributed by atoms with Crippen LogP contribution in [0.3, 0.4) is 0 Å². The number of halogens is 1. The molecule has 2 N–H and O–H groups in total. The zero-order chi connectivity index (χ0) is 15.4. The van der Waals surface area contributed by atoms with Gasteiger partial charge in [-0.3, -0.25) is 0 Å². The Morgan fingerprint density at radius 3 is 2.52 bits per heavy atom. The number of hydrogen-bond donors (Lipinski definition) is 2. The normalized spacial score (nSPS) is 10.8. The molecule has 0 spiro atoms. The van der Waals surface area contributed by atoms with Crippen LogP contribution < -0.4 is 10.2 Å². The molecule has 2 rings (SSSR count). The van der Waals surface area contributed by atoms with Crippen molar-refractivity contribution in [2.24, 2.45) is 0 Å². The van der Waals surface area contributed by atoms with Gasteiger partial charge in [0.15, 0.2) is 0 Å². The molecule has 5 heteroatoms. The summed E-state index contributed by atoms with van der Waals surface area (Å²) in [4.78, 5) is 0. The Bertz CT molecular complexity index is 614. The Balaban J connectivity index is 2.17. The Morgan fingerprint density at radius 1 is 1.14 bits per heavy atom. The number of benzene rings is 2. The van der Waals surface area contributed by atoms with Crippen LogP contribution in [0.4, 0.5) is 4.39 Å². The maximum Gasteiger partial charge on any atom is 0.488 e. The fourth-order valence-corrected chi connectivity index (χ4v) is 2.16. The summed E-state index contributed by atoms with van der Waals surface area (Å²) in [5.74, 6) is 0.558. The minimum Gasteiger partial charge on any atom is -0.489 e. The third kappa shape index (κ3) is 4.06. The Hall–Kier alpha value is -1.85. The maximum atomic E-state index is 13.4. The van der Waals surface area contributed by atoms with Crippen molar-refractivity contribution in [1.82, 2.24) is 0 Å². The lowest BCUT2D eigenvalue weighted by atomic mass is 9.79. The fourth-order valence-electron chi connectivity index (χ4n) is 2.16. The van der Waals surface area contributed by atoms with Crippen LogP contribution in [0.1, 0.15) is 30.9 Å². The maximum absolute atomic E-state index is 13.4. The number of hydrogen-bond acceptors (Lipinski definition) is 3. The minimum atomic E-state index is -1.69. The predicted octanol–water partition coefficient (Wildman–Crippen LogP) is 2.21. The van der Waals surface area contributed by atoms with E-state index in [-0.39, 0.29) is 12.1 Å². The second-order valence-corrected chi connectivity index (χ2v) is 5.25. The van der Waals surface area contributed by atoms with Crippen LogP contribution in [-0.2, 0) is 6.61 Å². The van der Waals surface area contributed by atoms with Gasteiger partial charge in [0, 0.05) is 0 Å². The SMILES string of the molecule is CC(C)c1ccccc1OCc1cc(F)cc(B(O)O)c1. The smallest absolute Gasteiger partial charge is 0.488 e. The summed E-state index contributed by atoms with van der Waals surface area (Å²) < 4.78 is 19.2. The molecule has 0 aliphatic carbocycles.